The predicted octanol–water partition coefficient (Wildman–Crippen LogP) is -3.87. The van der Waals surface area contributed by atoms with E-state index < -0.39 is 61.1 Å². The first-order chi connectivity index (χ1) is 9.62. The first-order valence-corrected chi connectivity index (χ1v) is 6.18. The average molecular weight is 312 g/mol. The van der Waals surface area contributed by atoms with E-state index in [0.717, 1.165) is 6.92 Å². The zero-order chi connectivity index (χ0) is 16.4. The third-order valence-corrected chi connectivity index (χ3v) is 3.21. The van der Waals surface area contributed by atoms with Crippen LogP contribution in [0.2, 0.25) is 0 Å². The molecule has 1 fully saturated rings. The minimum absolute atomic E-state index is 0.598. The monoisotopic (exact) mass is 312 g/mol. The fraction of sp³-hybridized carbons (Fsp3) is 0.818. The Hall–Kier alpha value is -1.30. The summed E-state index contributed by atoms with van der Waals surface area (Å²) in [4.78, 5) is 22.1. The van der Waals surface area contributed by atoms with E-state index in [2.05, 4.69) is 5.32 Å². The van der Waals surface area contributed by atoms with E-state index in [1.165, 1.54) is 0 Å². The van der Waals surface area contributed by atoms with E-state index in [0.29, 0.717) is 0 Å². The molecule has 10 nitrogen and oxygen atoms in total. The molecule has 0 aromatic carbocycles. The second kappa shape index (κ2) is 6.64. The normalized spacial score (nSPS) is 35.8. The van der Waals surface area contributed by atoms with Crippen molar-refractivity contribution in [3.05, 3.63) is 0 Å². The number of carbonyl (C=O) groups excluding carboxylic acids is 1. The van der Waals surface area contributed by atoms with Gasteiger partial charge in [-0.15, -0.1) is 0 Å². The minimum Gasteiger partial charge on any atom is -0.477 e. The number of carbonyl (C=O) groups is 2. The maximum Gasteiger partial charge on any atom is 0.364 e. The van der Waals surface area contributed by atoms with Gasteiger partial charge in [-0.05, 0) is 0 Å². The number of hydrogen-bond donors (Lipinski definition) is 7. The number of aliphatic hydroxyl groups is 5. The molecule has 1 amide bonds. The van der Waals surface area contributed by atoms with Gasteiger partial charge in [-0.1, -0.05) is 0 Å². The van der Waals surface area contributed by atoms with Crippen molar-refractivity contribution in [2.75, 3.05) is 6.61 Å². The quantitative estimate of drug-likeness (QED) is 0.250. The Bertz CT molecular complexity index is 403. The van der Waals surface area contributed by atoms with E-state index in [1.54, 1.807) is 0 Å². The van der Waals surface area contributed by atoms with Gasteiger partial charge in [0.05, 0.1) is 18.8 Å². The first-order valence-electron chi connectivity index (χ1n) is 6.18. The highest BCUT2D eigenvalue weighted by Gasteiger charge is 2.53. The minimum atomic E-state index is -2.78. The van der Waals surface area contributed by atoms with Crippen molar-refractivity contribution in [1.29, 1.82) is 0 Å². The molecule has 6 atom stereocenters. The summed E-state index contributed by atoms with van der Waals surface area (Å²) in [5, 5.41) is 59.0. The van der Waals surface area contributed by atoms with Gasteiger partial charge in [0.15, 0.2) is 0 Å². The molecule has 0 aromatic heterocycles. The summed E-state index contributed by atoms with van der Waals surface area (Å²) in [6, 6.07) is -1.27. The van der Waals surface area contributed by atoms with Gasteiger partial charge in [0.2, 0.25) is 5.91 Å². The highest BCUT2D eigenvalue weighted by Crippen LogP contribution is 2.30. The van der Waals surface area contributed by atoms with Crippen LogP contribution in [0.1, 0.15) is 13.3 Å². The van der Waals surface area contributed by atoms with Crippen molar-refractivity contribution in [2.45, 2.75) is 49.6 Å². The van der Waals surface area contributed by atoms with Crippen LogP contribution in [0.4, 0.5) is 0 Å². The largest absolute Gasteiger partial charge is 0.477 e. The topological polar surface area (TPSA) is 177 Å². The van der Waals surface area contributed by atoms with Crippen molar-refractivity contribution in [3.63, 3.8) is 0 Å². The van der Waals surface area contributed by atoms with Gasteiger partial charge < -0.3 is 40.7 Å². The van der Waals surface area contributed by atoms with Crippen molar-refractivity contribution in [1.82, 2.24) is 5.32 Å². The molecule has 0 aromatic rings. The lowest BCUT2D eigenvalue weighted by atomic mass is 10.1. The molecule has 1 heterocycles. The second-order valence-electron chi connectivity index (χ2n) is 4.91. The molecule has 1 aliphatic heterocycles. The lowest BCUT2D eigenvalue weighted by Gasteiger charge is -2.44. The van der Waals surface area contributed by atoms with Crippen LogP contribution >= 0.6 is 0 Å². The Morgan fingerprint density at radius 3 is 2.43 bits per heavy atom. The van der Waals surface area contributed by atoms with Gasteiger partial charge in [-0.3, -0.25) is 4.79 Å². The van der Waals surface area contributed by atoms with Crippen LogP contribution in [0.5, 0.6) is 0 Å². The molecular formula is C11H19NO9. The summed E-state index contributed by atoms with van der Waals surface area (Å²) < 4.78 is 4.86. The zero-order valence-corrected chi connectivity index (χ0v) is 11.2. The predicted molar refractivity (Wildman–Crippen MR) is 64.8 cm³/mol. The summed E-state index contributed by atoms with van der Waals surface area (Å²) in [5.74, 6) is -5.17. The van der Waals surface area contributed by atoms with Crippen LogP contribution in [0.15, 0.2) is 0 Å². The van der Waals surface area contributed by atoms with E-state index in [1.807, 2.05) is 0 Å². The molecule has 0 unspecified atom stereocenters. The van der Waals surface area contributed by atoms with Crippen LogP contribution in [0.3, 0.4) is 0 Å². The smallest absolute Gasteiger partial charge is 0.364 e. The number of hydrogen-bond acceptors (Lipinski definition) is 8. The van der Waals surface area contributed by atoms with Gasteiger partial charge in [0.25, 0.3) is 5.79 Å². The number of carboxylic acid groups (broad SMARTS) is 1. The molecule has 1 saturated heterocycles. The first kappa shape index (κ1) is 17.8. The molecule has 10 heteroatoms. The molecule has 122 valence electrons. The summed E-state index contributed by atoms with van der Waals surface area (Å²) in [5.41, 5.74) is 0. The average Bonchev–Trinajstić information content (AvgIpc) is 2.39. The van der Waals surface area contributed by atoms with Gasteiger partial charge >= 0.3 is 5.97 Å². The molecule has 0 bridgehead atoms. The Morgan fingerprint density at radius 2 is 2.00 bits per heavy atom. The van der Waals surface area contributed by atoms with Crippen LogP contribution in [-0.2, 0) is 14.3 Å². The molecular weight excluding hydrogens is 293 g/mol. The van der Waals surface area contributed by atoms with E-state index in [4.69, 9.17) is 14.9 Å². The Balaban J connectivity index is 3.07. The summed E-state index contributed by atoms with van der Waals surface area (Å²) in [7, 11) is 0. The molecule has 0 radical (unpaired) electrons. The Labute approximate surface area is 119 Å². The Morgan fingerprint density at radius 1 is 1.43 bits per heavy atom. The third kappa shape index (κ3) is 3.87. The van der Waals surface area contributed by atoms with Crippen molar-refractivity contribution >= 4 is 11.9 Å². The van der Waals surface area contributed by atoms with Crippen LogP contribution in [0, 0.1) is 0 Å². The van der Waals surface area contributed by atoms with Gasteiger partial charge in [0.1, 0.15) is 18.3 Å². The zero-order valence-electron chi connectivity index (χ0n) is 11.2. The van der Waals surface area contributed by atoms with Crippen LogP contribution in [-0.4, -0.2) is 85.4 Å². The second-order valence-corrected chi connectivity index (χ2v) is 4.91. The fourth-order valence-corrected chi connectivity index (χ4v) is 2.14. The van der Waals surface area contributed by atoms with Gasteiger partial charge in [-0.2, -0.15) is 0 Å². The molecule has 1 rings (SSSR count). The maximum absolute atomic E-state index is 11.1. The Kier molecular flexibility index (Phi) is 5.61. The molecule has 21 heavy (non-hydrogen) atoms. The standard InChI is InChI=1S/C11H19NO9/c1-4(14)12-7-5(15)2-11(20,10(18)19)21-9(7)8(17)6(16)3-13/h5-9,13,15-17,20H,2-3H2,1H3,(H,12,14)(H,18,19)/t5-,6+,7+,8+,9-,11-/m0/s1/i6+1,7+1,9+1. The van der Waals surface area contributed by atoms with Crippen molar-refractivity contribution in [3.8, 4) is 0 Å². The SMILES string of the molecule is CC(=O)N[13C@@H]1[C@@H](O)C[C@@](O)(C(=O)O)O[13C@@H]1[C@H](O)[13C@H](O)CO. The fourth-order valence-electron chi connectivity index (χ4n) is 2.14. The van der Waals surface area contributed by atoms with Crippen LogP contribution < -0.4 is 5.32 Å². The summed E-state index contributed by atoms with van der Waals surface area (Å²) >= 11 is 0. The third-order valence-electron chi connectivity index (χ3n) is 3.21. The van der Waals surface area contributed by atoms with Crippen molar-refractivity contribution in [2.24, 2.45) is 0 Å². The van der Waals surface area contributed by atoms with Gasteiger partial charge in [-0.25, -0.2) is 4.79 Å². The summed E-state index contributed by atoms with van der Waals surface area (Å²) in [6.45, 7) is 0.256. The molecule has 0 spiro atoms. The number of aliphatic carboxylic acids is 1. The number of nitrogens with one attached hydrogen (secondary N) is 1. The number of rotatable bonds is 5. The number of amides is 1. The number of ether oxygens (including phenoxy) is 1. The van der Waals surface area contributed by atoms with E-state index >= 15 is 0 Å². The molecule has 7 N–H and O–H groups in total. The number of carboxylic acids is 1. The number of aliphatic hydroxyl groups excluding tert-OH is 4. The molecule has 0 saturated carbocycles. The highest BCUT2D eigenvalue weighted by molar-refractivity contribution is 5.76. The van der Waals surface area contributed by atoms with E-state index in [-0.39, 0.29) is 0 Å². The lowest BCUT2D eigenvalue weighted by molar-refractivity contribution is -0.295. The summed E-state index contributed by atoms with van der Waals surface area (Å²) in [6.07, 6.45) is -7.48. The molecule has 0 aliphatic carbocycles. The van der Waals surface area contributed by atoms with E-state index in [9.17, 15) is 30.0 Å². The van der Waals surface area contributed by atoms with Crippen LogP contribution in [0.25, 0.3) is 0 Å². The highest BCUT2D eigenvalue weighted by atomic mass is 16.7. The van der Waals surface area contributed by atoms with Crippen molar-refractivity contribution < 1.29 is 45.0 Å². The molecule has 1 aliphatic rings. The van der Waals surface area contributed by atoms with Gasteiger partial charge in [0, 0.05) is 13.3 Å². The lowest BCUT2D eigenvalue weighted by Crippen LogP contribution is -2.67. The maximum atomic E-state index is 11.1.